The van der Waals surface area contributed by atoms with Crippen molar-refractivity contribution in [3.63, 3.8) is 0 Å². The summed E-state index contributed by atoms with van der Waals surface area (Å²) in [5, 5.41) is 7.92. The Morgan fingerprint density at radius 1 is 1.18 bits per heavy atom. The number of hydrogen-bond donors (Lipinski definition) is 2. The molecule has 0 radical (unpaired) electrons. The highest BCUT2D eigenvalue weighted by Crippen LogP contribution is 2.19. The van der Waals surface area contributed by atoms with Gasteiger partial charge >= 0.3 is 0 Å². The van der Waals surface area contributed by atoms with Crippen LogP contribution in [0.2, 0.25) is 0 Å². The van der Waals surface area contributed by atoms with Gasteiger partial charge in [0, 0.05) is 17.5 Å². The SMILES string of the molecule is CC(C)n1ncc2cc(NC(=O)/C=C/c3ccc(S(=O)(=O)NCc4ccco4)cc3)cnc21. The van der Waals surface area contributed by atoms with Crippen molar-refractivity contribution >= 4 is 38.7 Å². The summed E-state index contributed by atoms with van der Waals surface area (Å²) in [7, 11) is -3.67. The Hall–Kier alpha value is -3.76. The van der Waals surface area contributed by atoms with Crippen molar-refractivity contribution < 1.29 is 17.6 Å². The van der Waals surface area contributed by atoms with Crippen molar-refractivity contribution in [3.05, 3.63) is 78.5 Å². The van der Waals surface area contributed by atoms with Crippen LogP contribution in [0.5, 0.6) is 0 Å². The number of pyridine rings is 1. The van der Waals surface area contributed by atoms with Gasteiger partial charge in [-0.3, -0.25) is 4.79 Å². The lowest BCUT2D eigenvalue weighted by molar-refractivity contribution is -0.111. The second kappa shape index (κ2) is 9.39. The first kappa shape index (κ1) is 22.4. The number of anilines is 1. The Morgan fingerprint density at radius 2 is 1.97 bits per heavy atom. The molecule has 0 aliphatic rings. The van der Waals surface area contributed by atoms with Crippen LogP contribution in [0.1, 0.15) is 31.2 Å². The molecule has 0 aliphatic heterocycles. The molecule has 1 amide bonds. The number of amides is 1. The van der Waals surface area contributed by atoms with Crippen molar-refractivity contribution in [1.82, 2.24) is 19.5 Å². The summed E-state index contributed by atoms with van der Waals surface area (Å²) in [6, 6.07) is 11.6. The lowest BCUT2D eigenvalue weighted by Gasteiger charge is -2.07. The predicted molar refractivity (Wildman–Crippen MR) is 125 cm³/mol. The second-order valence-corrected chi connectivity index (χ2v) is 9.38. The van der Waals surface area contributed by atoms with Gasteiger partial charge in [-0.1, -0.05) is 12.1 Å². The summed E-state index contributed by atoms with van der Waals surface area (Å²) in [6.45, 7) is 4.11. The van der Waals surface area contributed by atoms with Crippen LogP contribution >= 0.6 is 0 Å². The molecule has 0 aliphatic carbocycles. The minimum absolute atomic E-state index is 0.0655. The molecule has 170 valence electrons. The fraction of sp³-hybridized carbons (Fsp3) is 0.174. The van der Waals surface area contributed by atoms with E-state index in [2.05, 4.69) is 20.1 Å². The minimum Gasteiger partial charge on any atom is -0.468 e. The minimum atomic E-state index is -3.67. The quantitative estimate of drug-likeness (QED) is 0.383. The van der Waals surface area contributed by atoms with Crippen LogP contribution in [0.15, 0.2) is 76.5 Å². The summed E-state index contributed by atoms with van der Waals surface area (Å²) >= 11 is 0. The first-order chi connectivity index (χ1) is 15.8. The number of hydrogen-bond acceptors (Lipinski definition) is 6. The number of furan rings is 1. The first-order valence-electron chi connectivity index (χ1n) is 10.3. The number of nitrogens with one attached hydrogen (secondary N) is 2. The van der Waals surface area contributed by atoms with Crippen LogP contribution in [0, 0.1) is 0 Å². The highest BCUT2D eigenvalue weighted by Gasteiger charge is 2.14. The number of carbonyl (C=O) groups is 1. The third kappa shape index (κ3) is 5.36. The summed E-state index contributed by atoms with van der Waals surface area (Å²) in [6.07, 6.45) is 7.76. The molecule has 0 atom stereocenters. The second-order valence-electron chi connectivity index (χ2n) is 7.62. The maximum atomic E-state index is 12.4. The van der Waals surface area contributed by atoms with Crippen LogP contribution in [0.3, 0.4) is 0 Å². The first-order valence-corrected chi connectivity index (χ1v) is 11.7. The largest absolute Gasteiger partial charge is 0.468 e. The number of carbonyl (C=O) groups excluding carboxylic acids is 1. The molecule has 10 heteroatoms. The topological polar surface area (TPSA) is 119 Å². The molecule has 1 aromatic carbocycles. The molecule has 9 nitrogen and oxygen atoms in total. The fourth-order valence-electron chi connectivity index (χ4n) is 3.16. The zero-order chi connectivity index (χ0) is 23.4. The van der Waals surface area contributed by atoms with E-state index in [1.54, 1.807) is 42.7 Å². The summed E-state index contributed by atoms with van der Waals surface area (Å²) < 4.78 is 34.2. The Labute approximate surface area is 191 Å². The van der Waals surface area contributed by atoms with E-state index in [4.69, 9.17) is 4.42 Å². The molecule has 3 heterocycles. The zero-order valence-electron chi connectivity index (χ0n) is 18.1. The van der Waals surface area contributed by atoms with E-state index >= 15 is 0 Å². The molecule has 4 rings (SSSR count). The number of aromatic nitrogens is 3. The Balaban J connectivity index is 1.37. The van der Waals surface area contributed by atoms with Gasteiger partial charge in [0.1, 0.15) is 5.76 Å². The normalized spacial score (nSPS) is 12.1. The molecule has 0 saturated heterocycles. The molecule has 0 unspecified atom stereocenters. The number of rotatable bonds is 8. The Bertz CT molecular complexity index is 1390. The third-order valence-electron chi connectivity index (χ3n) is 4.82. The van der Waals surface area contributed by atoms with Gasteiger partial charge in [0.15, 0.2) is 5.65 Å². The fourth-order valence-corrected chi connectivity index (χ4v) is 4.16. The van der Waals surface area contributed by atoms with Gasteiger partial charge in [0.2, 0.25) is 15.9 Å². The predicted octanol–water partition coefficient (Wildman–Crippen LogP) is 3.74. The Kier molecular flexibility index (Phi) is 6.38. The van der Waals surface area contributed by atoms with Gasteiger partial charge in [-0.05, 0) is 55.8 Å². The Morgan fingerprint density at radius 3 is 2.67 bits per heavy atom. The van der Waals surface area contributed by atoms with Crippen molar-refractivity contribution in [1.29, 1.82) is 0 Å². The molecule has 3 aromatic heterocycles. The van der Waals surface area contributed by atoms with E-state index in [0.29, 0.717) is 17.0 Å². The van der Waals surface area contributed by atoms with Crippen LogP contribution in [-0.4, -0.2) is 29.1 Å². The van der Waals surface area contributed by atoms with Gasteiger partial charge < -0.3 is 9.73 Å². The third-order valence-corrected chi connectivity index (χ3v) is 6.24. The van der Waals surface area contributed by atoms with Gasteiger partial charge in [0.25, 0.3) is 0 Å². The van der Waals surface area contributed by atoms with Gasteiger partial charge in [-0.15, -0.1) is 0 Å². The maximum Gasteiger partial charge on any atom is 0.248 e. The van der Waals surface area contributed by atoms with Crippen molar-refractivity contribution in [3.8, 4) is 0 Å². The zero-order valence-corrected chi connectivity index (χ0v) is 18.9. The molecule has 0 fully saturated rings. The number of fused-ring (bicyclic) bond motifs is 1. The standard InChI is InChI=1S/C23H23N5O4S/c1-16(2)28-23-18(13-25-28)12-19(14-24-23)27-22(29)10-7-17-5-8-21(9-6-17)33(30,31)26-15-20-4-3-11-32-20/h3-14,16,26H,15H2,1-2H3,(H,27,29)/b10-7+. The highest BCUT2D eigenvalue weighted by molar-refractivity contribution is 7.89. The van der Waals surface area contributed by atoms with E-state index in [9.17, 15) is 13.2 Å². The summed E-state index contributed by atoms with van der Waals surface area (Å²) in [5.41, 5.74) is 2.00. The van der Waals surface area contributed by atoms with Crippen LogP contribution in [0.25, 0.3) is 17.1 Å². The monoisotopic (exact) mass is 465 g/mol. The van der Waals surface area contributed by atoms with E-state index in [1.165, 1.54) is 24.5 Å². The van der Waals surface area contributed by atoms with Crippen molar-refractivity contribution in [2.45, 2.75) is 31.3 Å². The van der Waals surface area contributed by atoms with Crippen molar-refractivity contribution in [2.75, 3.05) is 5.32 Å². The maximum absolute atomic E-state index is 12.4. The number of benzene rings is 1. The number of sulfonamides is 1. The lowest BCUT2D eigenvalue weighted by atomic mass is 10.2. The van der Waals surface area contributed by atoms with Gasteiger partial charge in [-0.25, -0.2) is 22.8 Å². The smallest absolute Gasteiger partial charge is 0.248 e. The summed E-state index contributed by atoms with van der Waals surface area (Å²) in [5.74, 6) is 0.191. The molecule has 0 saturated carbocycles. The van der Waals surface area contributed by atoms with E-state index < -0.39 is 10.0 Å². The molecular weight excluding hydrogens is 442 g/mol. The molecule has 4 aromatic rings. The summed E-state index contributed by atoms with van der Waals surface area (Å²) in [4.78, 5) is 16.8. The lowest BCUT2D eigenvalue weighted by Crippen LogP contribution is -2.22. The van der Waals surface area contributed by atoms with Crippen molar-refractivity contribution in [2.24, 2.45) is 0 Å². The van der Waals surface area contributed by atoms with Crippen LogP contribution < -0.4 is 10.0 Å². The molecular formula is C23H23N5O4S. The molecule has 2 N–H and O–H groups in total. The molecule has 0 bridgehead atoms. The van der Waals surface area contributed by atoms with Gasteiger partial charge in [0.05, 0.1) is 35.8 Å². The average molecular weight is 466 g/mol. The van der Waals surface area contributed by atoms with E-state index in [0.717, 1.165) is 11.0 Å². The highest BCUT2D eigenvalue weighted by atomic mass is 32.2. The van der Waals surface area contributed by atoms with Crippen LogP contribution in [-0.2, 0) is 21.4 Å². The van der Waals surface area contributed by atoms with E-state index in [1.807, 2.05) is 24.6 Å². The molecule has 33 heavy (non-hydrogen) atoms. The number of nitrogens with zero attached hydrogens (tertiary/aromatic N) is 3. The van der Waals surface area contributed by atoms with Gasteiger partial charge in [-0.2, -0.15) is 5.10 Å². The van der Waals surface area contributed by atoms with E-state index in [-0.39, 0.29) is 23.4 Å². The van der Waals surface area contributed by atoms with Crippen LogP contribution in [0.4, 0.5) is 5.69 Å². The average Bonchev–Trinajstić information content (AvgIpc) is 3.46. The molecule has 0 spiro atoms.